The number of carbonyl (C=O) groups is 4. The third-order valence-corrected chi connectivity index (χ3v) is 7.91. The Kier molecular flexibility index (Phi) is 7.20. The lowest BCUT2D eigenvalue weighted by atomic mass is 9.57. The molecule has 3 aliphatic carbocycles. The molecule has 0 spiro atoms. The Balaban J connectivity index is 1.95. The van der Waals surface area contributed by atoms with E-state index in [-0.39, 0.29) is 36.2 Å². The fourth-order valence-corrected chi connectivity index (χ4v) is 6.26. The Morgan fingerprint density at radius 1 is 1.10 bits per heavy atom. The van der Waals surface area contributed by atoms with Crippen LogP contribution in [0.3, 0.4) is 0 Å². The molecule has 0 bridgehead atoms. The van der Waals surface area contributed by atoms with Gasteiger partial charge in [-0.15, -0.1) is 0 Å². The highest BCUT2D eigenvalue weighted by Gasteiger charge is 2.64. The van der Waals surface area contributed by atoms with Gasteiger partial charge in [0.15, 0.2) is 11.4 Å². The van der Waals surface area contributed by atoms with Gasteiger partial charge in [0.25, 0.3) is 5.91 Å². The average Bonchev–Trinajstić information content (AvgIpc) is 2.81. The number of hydrogen-bond donors (Lipinski definition) is 6. The number of nitrogens with two attached hydrogens (primary N) is 1. The van der Waals surface area contributed by atoms with Crippen molar-refractivity contribution in [3.63, 3.8) is 0 Å². The van der Waals surface area contributed by atoms with Crippen molar-refractivity contribution < 1.29 is 39.6 Å². The molecule has 40 heavy (non-hydrogen) atoms. The number of primary amides is 1. The molecule has 4 rings (SSSR count). The zero-order valence-electron chi connectivity index (χ0n) is 23.3. The molecular weight excluding hydrogens is 522 g/mol. The number of likely N-dealkylation sites (N-methyl/N-ethyl adjacent to an activating group) is 2. The fraction of sp³-hybridized carbons (Fsp3) is 0.481. The summed E-state index contributed by atoms with van der Waals surface area (Å²) >= 11 is 0. The number of ketones is 2. The predicted molar refractivity (Wildman–Crippen MR) is 146 cm³/mol. The van der Waals surface area contributed by atoms with Gasteiger partial charge in [-0.25, -0.2) is 0 Å². The quantitative estimate of drug-likeness (QED) is 0.195. The first kappa shape index (κ1) is 29.1. The van der Waals surface area contributed by atoms with Crippen LogP contribution in [0.4, 0.5) is 11.4 Å². The Morgan fingerprint density at radius 2 is 1.73 bits per heavy atom. The smallest absolute Gasteiger partial charge is 0.255 e. The third kappa shape index (κ3) is 4.21. The maximum absolute atomic E-state index is 14.0. The van der Waals surface area contributed by atoms with E-state index in [2.05, 4.69) is 5.32 Å². The molecule has 0 heterocycles. The number of Topliss-reactive ketones (excluding diaryl/α,β-unsaturated/α-hetero) is 2. The van der Waals surface area contributed by atoms with Gasteiger partial charge in [-0.2, -0.15) is 0 Å². The van der Waals surface area contributed by atoms with E-state index in [1.165, 1.54) is 4.90 Å². The van der Waals surface area contributed by atoms with Crippen molar-refractivity contribution in [2.24, 2.45) is 17.6 Å². The number of fused-ring (bicyclic) bond motifs is 3. The number of hydrogen-bond acceptors (Lipinski definition) is 11. The maximum Gasteiger partial charge on any atom is 0.255 e. The second kappa shape index (κ2) is 9.91. The Morgan fingerprint density at radius 3 is 2.25 bits per heavy atom. The molecule has 1 fully saturated rings. The van der Waals surface area contributed by atoms with Crippen molar-refractivity contribution in [1.29, 1.82) is 0 Å². The summed E-state index contributed by atoms with van der Waals surface area (Å²) in [4.78, 5) is 56.6. The molecule has 13 heteroatoms. The summed E-state index contributed by atoms with van der Waals surface area (Å²) in [5.41, 5.74) is 2.48. The van der Waals surface area contributed by atoms with Gasteiger partial charge in [0.05, 0.1) is 23.8 Å². The standard InChI is InChI=1S/C27H35N5O8/c1-30(2)10-16(33)29-14-9-15(31(3)4)12-7-11-8-13-20(32(5)6)23(36)19(26(28)39)25(38)27(13,40)24(37)17(11)22(35)18(12)21(14)34/h9,11,13,20,34-35,38,40H,7-8,10H2,1-6H3,(H2,28,39)(H,29,33)/t11?,13?,20-,27?/m0/s1. The van der Waals surface area contributed by atoms with Crippen LogP contribution in [-0.4, -0.2) is 114 Å². The van der Waals surface area contributed by atoms with Gasteiger partial charge >= 0.3 is 0 Å². The van der Waals surface area contributed by atoms with Gasteiger partial charge in [-0.3, -0.25) is 24.1 Å². The highest BCUT2D eigenvalue weighted by atomic mass is 16.3. The molecule has 216 valence electrons. The van der Waals surface area contributed by atoms with Crippen LogP contribution in [0.5, 0.6) is 5.75 Å². The average molecular weight is 558 g/mol. The topological polar surface area (TPSA) is 197 Å². The van der Waals surface area contributed by atoms with Crippen LogP contribution < -0.4 is 16.0 Å². The second-order valence-electron chi connectivity index (χ2n) is 11.3. The number of carbonyl (C=O) groups excluding carboxylic acids is 4. The van der Waals surface area contributed by atoms with Crippen molar-refractivity contribution in [1.82, 2.24) is 9.80 Å². The third-order valence-electron chi connectivity index (χ3n) is 7.91. The summed E-state index contributed by atoms with van der Waals surface area (Å²) in [6, 6.07) is 0.412. The molecule has 1 aromatic rings. The van der Waals surface area contributed by atoms with Crippen molar-refractivity contribution in [3.8, 4) is 5.75 Å². The van der Waals surface area contributed by atoms with Crippen LogP contribution in [0.2, 0.25) is 0 Å². The van der Waals surface area contributed by atoms with Crippen molar-refractivity contribution in [2.45, 2.75) is 24.5 Å². The van der Waals surface area contributed by atoms with E-state index < -0.39 is 69.7 Å². The van der Waals surface area contributed by atoms with E-state index in [0.717, 1.165) is 0 Å². The second-order valence-corrected chi connectivity index (χ2v) is 11.3. The van der Waals surface area contributed by atoms with Gasteiger partial charge in [0.1, 0.15) is 22.8 Å². The minimum Gasteiger partial charge on any atom is -0.508 e. The summed E-state index contributed by atoms with van der Waals surface area (Å²) in [6.45, 7) is 0.0233. The summed E-state index contributed by atoms with van der Waals surface area (Å²) in [7, 11) is 9.98. The van der Waals surface area contributed by atoms with Gasteiger partial charge in [0.2, 0.25) is 11.7 Å². The lowest BCUT2D eigenvalue weighted by Crippen LogP contribution is -2.65. The predicted octanol–water partition coefficient (Wildman–Crippen LogP) is -0.470. The van der Waals surface area contributed by atoms with Crippen molar-refractivity contribution >= 4 is 40.5 Å². The van der Waals surface area contributed by atoms with Gasteiger partial charge in [-0.05, 0) is 58.6 Å². The molecule has 2 amide bonds. The largest absolute Gasteiger partial charge is 0.508 e. The van der Waals surface area contributed by atoms with E-state index in [1.807, 2.05) is 0 Å². The van der Waals surface area contributed by atoms with E-state index >= 15 is 0 Å². The molecule has 0 aliphatic heterocycles. The first-order chi connectivity index (χ1) is 18.5. The molecule has 4 atom stereocenters. The summed E-state index contributed by atoms with van der Waals surface area (Å²) in [5.74, 6) is -7.73. The Labute approximate surface area is 231 Å². The molecule has 0 saturated heterocycles. The van der Waals surface area contributed by atoms with E-state index in [0.29, 0.717) is 11.3 Å². The normalized spacial score (nSPS) is 26.1. The molecule has 13 nitrogen and oxygen atoms in total. The number of phenolic OH excluding ortho intramolecular Hbond substituents is 1. The number of aliphatic hydroxyl groups is 3. The number of nitrogens with zero attached hydrogens (tertiary/aromatic N) is 3. The molecule has 7 N–H and O–H groups in total. The minimum atomic E-state index is -2.72. The van der Waals surface area contributed by atoms with Gasteiger partial charge in [-0.1, -0.05) is 0 Å². The Hall–Kier alpha value is -3.94. The molecule has 3 unspecified atom stereocenters. The molecular formula is C27H35N5O8. The molecule has 0 aromatic heterocycles. The molecule has 3 aliphatic rings. The van der Waals surface area contributed by atoms with Crippen LogP contribution in [0.15, 0.2) is 23.0 Å². The van der Waals surface area contributed by atoms with Crippen molar-refractivity contribution in [3.05, 3.63) is 34.1 Å². The number of aromatic hydroxyl groups is 1. The lowest BCUT2D eigenvalue weighted by Gasteiger charge is -2.50. The SMILES string of the molecule is CN(C)CC(=O)Nc1cc(N(C)C)c2c(c1O)C(O)=C1C(=O)C3(O)C(O)=C(C(N)=O)C(=O)[C@@H](N(C)C)C3CC1C2. The maximum atomic E-state index is 14.0. The van der Waals surface area contributed by atoms with Gasteiger partial charge < -0.3 is 41.3 Å². The van der Waals surface area contributed by atoms with Crippen LogP contribution in [0.25, 0.3) is 5.76 Å². The van der Waals surface area contributed by atoms with Crippen LogP contribution in [-0.2, 0) is 25.6 Å². The number of rotatable bonds is 6. The first-order valence-corrected chi connectivity index (χ1v) is 12.7. The Bertz CT molecular complexity index is 1400. The molecule has 0 radical (unpaired) electrons. The number of phenols is 1. The van der Waals surface area contributed by atoms with Crippen LogP contribution >= 0.6 is 0 Å². The first-order valence-electron chi connectivity index (χ1n) is 12.7. The van der Waals surface area contributed by atoms with E-state index in [1.54, 1.807) is 58.2 Å². The van der Waals surface area contributed by atoms with Crippen LogP contribution in [0.1, 0.15) is 17.5 Å². The summed E-state index contributed by atoms with van der Waals surface area (Å²) in [5, 5.41) is 48.0. The van der Waals surface area contributed by atoms with E-state index in [9.17, 15) is 39.6 Å². The zero-order valence-corrected chi connectivity index (χ0v) is 23.3. The van der Waals surface area contributed by atoms with Crippen molar-refractivity contribution in [2.75, 3.05) is 59.0 Å². The van der Waals surface area contributed by atoms with Crippen LogP contribution in [0, 0.1) is 11.8 Å². The van der Waals surface area contributed by atoms with Gasteiger partial charge in [0, 0.05) is 31.3 Å². The summed E-state index contributed by atoms with van der Waals surface area (Å²) < 4.78 is 0. The lowest BCUT2D eigenvalue weighted by molar-refractivity contribution is -0.153. The van der Waals surface area contributed by atoms with E-state index in [4.69, 9.17) is 5.73 Å². The zero-order chi connectivity index (χ0) is 30.0. The number of benzene rings is 1. The number of anilines is 2. The number of nitrogens with one attached hydrogen (secondary N) is 1. The number of aliphatic hydroxyl groups excluding tert-OH is 2. The number of amides is 2. The summed E-state index contributed by atoms with van der Waals surface area (Å²) in [6.07, 6.45) is 0.127. The highest BCUT2D eigenvalue weighted by molar-refractivity contribution is 6.24. The monoisotopic (exact) mass is 557 g/mol. The highest BCUT2D eigenvalue weighted by Crippen LogP contribution is 2.54. The molecule has 1 aromatic carbocycles. The molecule has 1 saturated carbocycles. The minimum absolute atomic E-state index is 0.00874. The fourth-order valence-electron chi connectivity index (χ4n) is 6.26.